The maximum Gasteiger partial charge on any atom is 0.434 e. The van der Waals surface area contributed by atoms with Crippen LogP contribution < -0.4 is 10.1 Å². The highest BCUT2D eigenvalue weighted by atomic mass is 19.4. The number of pyridine rings is 1. The molecule has 0 radical (unpaired) electrons. The van der Waals surface area contributed by atoms with Gasteiger partial charge in [-0.05, 0) is 44.6 Å². The summed E-state index contributed by atoms with van der Waals surface area (Å²) < 4.78 is 84.8. The predicted octanol–water partition coefficient (Wildman–Crippen LogP) is 4.54. The van der Waals surface area contributed by atoms with Gasteiger partial charge < -0.3 is 19.7 Å². The van der Waals surface area contributed by atoms with Gasteiger partial charge in [0.05, 0.1) is 18.0 Å². The number of halogens is 6. The van der Waals surface area contributed by atoms with E-state index in [1.54, 1.807) is 12.1 Å². The predicted molar refractivity (Wildman–Crippen MR) is 102 cm³/mol. The lowest BCUT2D eigenvalue weighted by atomic mass is 9.91. The normalized spacial score (nSPS) is 20.2. The van der Waals surface area contributed by atoms with Crippen LogP contribution in [-0.2, 0) is 9.53 Å². The second kappa shape index (κ2) is 8.90. The van der Waals surface area contributed by atoms with Gasteiger partial charge in [-0.3, -0.25) is 4.79 Å². The van der Waals surface area contributed by atoms with Gasteiger partial charge in [0.2, 0.25) is 11.8 Å². The van der Waals surface area contributed by atoms with Crippen molar-refractivity contribution in [3.63, 3.8) is 0 Å². The van der Waals surface area contributed by atoms with E-state index in [9.17, 15) is 35.9 Å². The zero-order valence-electron chi connectivity index (χ0n) is 17.8. The number of rotatable bonds is 5. The summed E-state index contributed by atoms with van der Waals surface area (Å²) in [7, 11) is 0. The average Bonchev–Trinajstić information content (AvgIpc) is 3.39. The molecule has 2 heterocycles. The van der Waals surface area contributed by atoms with Crippen molar-refractivity contribution in [3.05, 3.63) is 18.3 Å². The summed E-state index contributed by atoms with van der Waals surface area (Å²) in [5.74, 6) is -0.233. The van der Waals surface area contributed by atoms with Gasteiger partial charge in [-0.2, -0.15) is 26.3 Å². The molecule has 1 N–H and O–H groups in total. The van der Waals surface area contributed by atoms with Crippen LogP contribution in [0.1, 0.15) is 33.1 Å². The Morgan fingerprint density at radius 1 is 1.12 bits per heavy atom. The molecule has 2 fully saturated rings. The van der Waals surface area contributed by atoms with E-state index >= 15 is 0 Å². The summed E-state index contributed by atoms with van der Waals surface area (Å²) in [6.45, 7) is 3.49. The smallest absolute Gasteiger partial charge is 0.434 e. The van der Waals surface area contributed by atoms with Crippen LogP contribution in [0.25, 0.3) is 0 Å². The van der Waals surface area contributed by atoms with Crippen molar-refractivity contribution < 1.29 is 45.4 Å². The SMILES string of the molecule is CC(C)Oc1ccc(NC(=O)[C@H]2CC23CCN(C(=O)OC(C(F)(F)F)C(F)(F)F)CC3)cn1. The number of alkyl halides is 6. The summed E-state index contributed by atoms with van der Waals surface area (Å²) in [4.78, 5) is 29.4. The maximum atomic E-state index is 12.6. The van der Waals surface area contributed by atoms with Gasteiger partial charge in [0, 0.05) is 25.1 Å². The highest BCUT2D eigenvalue weighted by molar-refractivity contribution is 5.95. The van der Waals surface area contributed by atoms with Gasteiger partial charge >= 0.3 is 18.4 Å². The molecule has 0 bridgehead atoms. The van der Waals surface area contributed by atoms with Crippen molar-refractivity contribution in [3.8, 4) is 5.88 Å². The minimum absolute atomic E-state index is 0.0553. The minimum Gasteiger partial charge on any atom is -0.475 e. The number of piperidine rings is 1. The zero-order valence-corrected chi connectivity index (χ0v) is 17.8. The van der Waals surface area contributed by atoms with Gasteiger partial charge in [0.15, 0.2) is 0 Å². The second-order valence-electron chi connectivity index (χ2n) is 8.49. The molecule has 0 unspecified atom stereocenters. The molecule has 7 nitrogen and oxygen atoms in total. The van der Waals surface area contributed by atoms with Crippen molar-refractivity contribution in [2.45, 2.75) is 57.7 Å². The number of hydrogen-bond acceptors (Lipinski definition) is 5. The summed E-state index contributed by atoms with van der Waals surface area (Å²) in [5, 5.41) is 2.74. The van der Waals surface area contributed by atoms with E-state index in [1.165, 1.54) is 6.20 Å². The Labute approximate surface area is 185 Å². The molecule has 1 aliphatic carbocycles. The highest BCUT2D eigenvalue weighted by Gasteiger charge is 2.61. The first kappa shape index (κ1) is 24.9. The molecule has 1 atom stereocenters. The van der Waals surface area contributed by atoms with Gasteiger partial charge in [0.1, 0.15) is 0 Å². The molecule has 3 rings (SSSR count). The number of carbonyl (C=O) groups excluding carboxylic acids is 2. The third-order valence-corrected chi connectivity index (χ3v) is 5.70. The molecule has 1 aromatic heterocycles. The Morgan fingerprint density at radius 3 is 2.21 bits per heavy atom. The fraction of sp³-hybridized carbons (Fsp3) is 0.650. The van der Waals surface area contributed by atoms with Crippen LogP contribution in [0.4, 0.5) is 36.8 Å². The van der Waals surface area contributed by atoms with E-state index in [4.69, 9.17) is 4.74 Å². The number of nitrogens with zero attached hydrogens (tertiary/aromatic N) is 2. The summed E-state index contributed by atoms with van der Waals surface area (Å²) in [6.07, 6.45) is -15.0. The first-order chi connectivity index (χ1) is 15.2. The largest absolute Gasteiger partial charge is 0.475 e. The lowest BCUT2D eigenvalue weighted by molar-refractivity contribution is -0.308. The maximum absolute atomic E-state index is 12.6. The van der Waals surface area contributed by atoms with E-state index in [-0.39, 0.29) is 43.9 Å². The fourth-order valence-electron chi connectivity index (χ4n) is 3.89. The monoisotopic (exact) mass is 483 g/mol. The number of aromatic nitrogens is 1. The number of carbonyl (C=O) groups is 2. The lowest BCUT2D eigenvalue weighted by Crippen LogP contribution is -2.49. The molecule has 33 heavy (non-hydrogen) atoms. The molecule has 2 amide bonds. The molecular weight excluding hydrogens is 460 g/mol. The zero-order chi connectivity index (χ0) is 24.6. The molecule has 1 saturated heterocycles. The van der Waals surface area contributed by atoms with E-state index in [0.29, 0.717) is 18.0 Å². The summed E-state index contributed by atoms with van der Waals surface area (Å²) in [6, 6.07) is 3.24. The number of ether oxygens (including phenoxy) is 2. The Kier molecular flexibility index (Phi) is 6.72. The second-order valence-corrected chi connectivity index (χ2v) is 8.49. The summed E-state index contributed by atoms with van der Waals surface area (Å²) >= 11 is 0. The first-order valence-electron chi connectivity index (χ1n) is 10.2. The number of nitrogens with one attached hydrogen (secondary N) is 1. The quantitative estimate of drug-likeness (QED) is 0.622. The van der Waals surface area contributed by atoms with E-state index in [2.05, 4.69) is 15.0 Å². The molecule has 2 aliphatic rings. The van der Waals surface area contributed by atoms with Gasteiger partial charge in [0.25, 0.3) is 6.10 Å². The molecule has 1 aromatic rings. The Hall–Kier alpha value is -2.73. The first-order valence-corrected chi connectivity index (χ1v) is 10.2. The Bertz CT molecular complexity index is 850. The fourth-order valence-corrected chi connectivity index (χ4v) is 3.89. The van der Waals surface area contributed by atoms with Crippen LogP contribution >= 0.6 is 0 Å². The number of hydrogen-bond donors (Lipinski definition) is 1. The molecule has 13 heteroatoms. The number of likely N-dealkylation sites (tertiary alicyclic amines) is 1. The standard InChI is InChI=1S/C20H23F6N3O4/c1-11(2)32-14-4-3-12(10-27-14)28-15(30)13-9-18(13)5-7-29(8-6-18)17(31)33-16(19(21,22)23)20(24,25)26/h3-4,10-11,13,16H,5-9H2,1-2H3,(H,28,30)/t13-/m1/s1. The van der Waals surface area contributed by atoms with Gasteiger partial charge in [-0.15, -0.1) is 0 Å². The van der Waals surface area contributed by atoms with Crippen molar-refractivity contribution in [2.24, 2.45) is 11.3 Å². The van der Waals surface area contributed by atoms with Crippen LogP contribution in [0.3, 0.4) is 0 Å². The van der Waals surface area contributed by atoms with Crippen molar-refractivity contribution >= 4 is 17.7 Å². The van der Waals surface area contributed by atoms with Gasteiger partial charge in [-0.25, -0.2) is 9.78 Å². The van der Waals surface area contributed by atoms with E-state index in [1.807, 2.05) is 13.8 Å². The third kappa shape index (κ3) is 5.99. The van der Waals surface area contributed by atoms with Crippen LogP contribution in [-0.4, -0.2) is 59.5 Å². The number of amides is 2. The minimum atomic E-state index is -5.77. The number of anilines is 1. The van der Waals surface area contributed by atoms with E-state index in [0.717, 1.165) is 4.90 Å². The molecule has 0 aromatic carbocycles. The molecule has 1 spiro atoms. The van der Waals surface area contributed by atoms with Gasteiger partial charge in [-0.1, -0.05) is 0 Å². The van der Waals surface area contributed by atoms with Crippen molar-refractivity contribution in [1.29, 1.82) is 0 Å². The van der Waals surface area contributed by atoms with Crippen LogP contribution in [0.2, 0.25) is 0 Å². The van der Waals surface area contributed by atoms with Crippen molar-refractivity contribution in [1.82, 2.24) is 9.88 Å². The average molecular weight is 483 g/mol. The molecule has 184 valence electrons. The third-order valence-electron chi connectivity index (χ3n) is 5.70. The molecular formula is C20H23F6N3O4. The van der Waals surface area contributed by atoms with Crippen LogP contribution in [0, 0.1) is 11.3 Å². The van der Waals surface area contributed by atoms with Crippen LogP contribution in [0.15, 0.2) is 18.3 Å². The molecule has 1 aliphatic heterocycles. The van der Waals surface area contributed by atoms with E-state index < -0.39 is 30.0 Å². The Morgan fingerprint density at radius 2 is 1.73 bits per heavy atom. The topological polar surface area (TPSA) is 80.8 Å². The lowest BCUT2D eigenvalue weighted by Gasteiger charge is -2.33. The van der Waals surface area contributed by atoms with Crippen LogP contribution in [0.5, 0.6) is 5.88 Å². The highest BCUT2D eigenvalue weighted by Crippen LogP contribution is 2.59. The van der Waals surface area contributed by atoms with Crippen molar-refractivity contribution in [2.75, 3.05) is 18.4 Å². The molecule has 1 saturated carbocycles. The summed E-state index contributed by atoms with van der Waals surface area (Å²) in [5.41, 5.74) is 0.0205. The Balaban J connectivity index is 1.51.